The highest BCUT2D eigenvalue weighted by Crippen LogP contribution is 2.21. The molecule has 0 aliphatic heterocycles. The zero-order valence-electron chi connectivity index (χ0n) is 13.5. The van der Waals surface area contributed by atoms with E-state index in [1.54, 1.807) is 14.2 Å². The first kappa shape index (κ1) is 18.2. The molecule has 118 valence electrons. The van der Waals surface area contributed by atoms with Crippen LogP contribution in [0.5, 0.6) is 0 Å². The van der Waals surface area contributed by atoms with E-state index in [1.807, 2.05) is 12.1 Å². The van der Waals surface area contributed by atoms with Gasteiger partial charge in [-0.15, -0.1) is 0 Å². The highest BCUT2D eigenvalue weighted by molar-refractivity contribution is 5.54. The Balaban J connectivity index is 2.81. The molecule has 1 rings (SSSR count). The molecule has 0 aromatic heterocycles. The van der Waals surface area contributed by atoms with Crippen molar-refractivity contribution in [1.82, 2.24) is 0 Å². The number of unbranched alkanes of at least 4 members (excludes halogenated alkanes) is 2. The lowest BCUT2D eigenvalue weighted by Crippen LogP contribution is -2.01. The molecule has 4 heteroatoms. The molecule has 0 N–H and O–H groups in total. The average molecular weight is 300 g/mol. The Morgan fingerprint density at radius 1 is 0.773 bits per heavy atom. The van der Waals surface area contributed by atoms with Crippen molar-refractivity contribution >= 4 is 0 Å². The summed E-state index contributed by atoms with van der Waals surface area (Å²) in [6.45, 7) is 1.45. The fraction of sp³-hybridized carbons (Fsp3) is 0.556. The summed E-state index contributed by atoms with van der Waals surface area (Å²) in [7, 11) is 3.37. The number of rotatable bonds is 10. The van der Waals surface area contributed by atoms with Crippen LogP contribution in [0.15, 0.2) is 12.1 Å². The van der Waals surface area contributed by atoms with E-state index in [2.05, 4.69) is 12.1 Å². The largest absolute Gasteiger partial charge is 0.385 e. The molecule has 0 spiro atoms. The first-order valence-corrected chi connectivity index (χ1v) is 7.71. The van der Waals surface area contributed by atoms with Gasteiger partial charge in [0.2, 0.25) is 0 Å². The highest BCUT2D eigenvalue weighted by Gasteiger charge is 2.12. The van der Waals surface area contributed by atoms with Crippen molar-refractivity contribution in [3.05, 3.63) is 34.4 Å². The van der Waals surface area contributed by atoms with E-state index in [0.29, 0.717) is 11.1 Å². The maximum atomic E-state index is 9.42. The van der Waals surface area contributed by atoms with E-state index in [0.717, 1.165) is 62.9 Å². The molecule has 0 heterocycles. The van der Waals surface area contributed by atoms with Gasteiger partial charge >= 0.3 is 0 Å². The Morgan fingerprint density at radius 3 is 1.50 bits per heavy atom. The zero-order chi connectivity index (χ0) is 16.2. The molecule has 0 atom stereocenters. The lowest BCUT2D eigenvalue weighted by molar-refractivity contribution is 0.193. The quantitative estimate of drug-likeness (QED) is 0.621. The third-order valence-electron chi connectivity index (χ3n) is 3.69. The Hall–Kier alpha value is -1.88. The third-order valence-corrected chi connectivity index (χ3v) is 3.69. The van der Waals surface area contributed by atoms with Gasteiger partial charge < -0.3 is 9.47 Å². The number of nitrogens with zero attached hydrogens (tertiary/aromatic N) is 2. The minimum atomic E-state index is 0.546. The fourth-order valence-electron chi connectivity index (χ4n) is 2.48. The molecule has 1 aromatic carbocycles. The predicted molar refractivity (Wildman–Crippen MR) is 85.5 cm³/mol. The number of ether oxygens (including phenoxy) is 2. The van der Waals surface area contributed by atoms with Gasteiger partial charge in [-0.05, 0) is 49.7 Å². The predicted octanol–water partition coefficient (Wildman–Crippen LogP) is 3.37. The second kappa shape index (κ2) is 10.8. The van der Waals surface area contributed by atoms with Crippen molar-refractivity contribution in [3.63, 3.8) is 0 Å². The molecule has 0 radical (unpaired) electrons. The zero-order valence-corrected chi connectivity index (χ0v) is 13.5. The van der Waals surface area contributed by atoms with Crippen molar-refractivity contribution in [1.29, 1.82) is 10.5 Å². The molecule has 1 aromatic rings. The summed E-state index contributed by atoms with van der Waals surface area (Å²) in [5, 5.41) is 18.8. The molecule has 22 heavy (non-hydrogen) atoms. The summed E-state index contributed by atoms with van der Waals surface area (Å²) >= 11 is 0. The number of benzene rings is 1. The summed E-state index contributed by atoms with van der Waals surface area (Å²) in [6, 6.07) is 8.43. The van der Waals surface area contributed by atoms with Gasteiger partial charge in [-0.1, -0.05) is 12.1 Å². The Labute approximate surface area is 133 Å². The minimum absolute atomic E-state index is 0.546. The van der Waals surface area contributed by atoms with E-state index in [1.165, 1.54) is 0 Å². The van der Waals surface area contributed by atoms with Crippen LogP contribution >= 0.6 is 0 Å². The van der Waals surface area contributed by atoms with E-state index >= 15 is 0 Å². The molecule has 0 amide bonds. The van der Waals surface area contributed by atoms with Gasteiger partial charge in [0, 0.05) is 27.4 Å². The third kappa shape index (κ3) is 5.48. The minimum Gasteiger partial charge on any atom is -0.385 e. The van der Waals surface area contributed by atoms with Gasteiger partial charge in [0.25, 0.3) is 0 Å². The SMILES string of the molecule is COCCCCc1ccc(CCCCOC)c(C#N)c1C#N. The first-order valence-electron chi connectivity index (χ1n) is 7.71. The van der Waals surface area contributed by atoms with Crippen LogP contribution in [0.4, 0.5) is 0 Å². The Kier molecular flexibility index (Phi) is 8.91. The summed E-state index contributed by atoms with van der Waals surface area (Å²) in [5.41, 5.74) is 3.03. The van der Waals surface area contributed by atoms with E-state index in [-0.39, 0.29) is 0 Å². The second-order valence-corrected chi connectivity index (χ2v) is 5.26. The van der Waals surface area contributed by atoms with Crippen LogP contribution in [0.1, 0.15) is 47.9 Å². The monoisotopic (exact) mass is 300 g/mol. The molecule has 4 nitrogen and oxygen atoms in total. The summed E-state index contributed by atoms with van der Waals surface area (Å²) in [5.74, 6) is 0. The molecular weight excluding hydrogens is 276 g/mol. The van der Waals surface area contributed by atoms with Crippen LogP contribution in [-0.4, -0.2) is 27.4 Å². The number of nitriles is 2. The molecule has 0 bridgehead atoms. The molecular formula is C18H24N2O2. The molecule has 0 saturated heterocycles. The van der Waals surface area contributed by atoms with E-state index in [4.69, 9.17) is 9.47 Å². The first-order chi connectivity index (χ1) is 10.8. The van der Waals surface area contributed by atoms with Gasteiger partial charge in [-0.3, -0.25) is 0 Å². The van der Waals surface area contributed by atoms with Crippen molar-refractivity contribution in [2.75, 3.05) is 27.4 Å². The van der Waals surface area contributed by atoms with Gasteiger partial charge in [-0.2, -0.15) is 10.5 Å². The van der Waals surface area contributed by atoms with Crippen molar-refractivity contribution in [2.45, 2.75) is 38.5 Å². The van der Waals surface area contributed by atoms with Crippen LogP contribution in [0.3, 0.4) is 0 Å². The number of hydrogen-bond donors (Lipinski definition) is 0. The highest BCUT2D eigenvalue weighted by atomic mass is 16.5. The van der Waals surface area contributed by atoms with Crippen LogP contribution < -0.4 is 0 Å². The van der Waals surface area contributed by atoms with E-state index < -0.39 is 0 Å². The number of methoxy groups -OCH3 is 2. The molecule has 0 fully saturated rings. The molecule has 0 saturated carbocycles. The van der Waals surface area contributed by atoms with Crippen LogP contribution in [-0.2, 0) is 22.3 Å². The van der Waals surface area contributed by atoms with Gasteiger partial charge in [-0.25, -0.2) is 0 Å². The van der Waals surface area contributed by atoms with E-state index in [9.17, 15) is 10.5 Å². The maximum Gasteiger partial charge on any atom is 0.101 e. The van der Waals surface area contributed by atoms with Crippen molar-refractivity contribution < 1.29 is 9.47 Å². The lowest BCUT2D eigenvalue weighted by Gasteiger charge is -2.10. The van der Waals surface area contributed by atoms with Crippen molar-refractivity contribution in [2.24, 2.45) is 0 Å². The van der Waals surface area contributed by atoms with Crippen molar-refractivity contribution in [3.8, 4) is 12.1 Å². The summed E-state index contributed by atoms with van der Waals surface area (Å²) < 4.78 is 10.1. The number of hydrogen-bond acceptors (Lipinski definition) is 4. The normalized spacial score (nSPS) is 10.2. The smallest absolute Gasteiger partial charge is 0.101 e. The standard InChI is InChI=1S/C18H24N2O2/c1-21-11-5-3-7-15-9-10-16(8-4-6-12-22-2)18(14-20)17(15)13-19/h9-10H,3-8,11-12H2,1-2H3. The number of aryl methyl sites for hydroxylation is 2. The fourth-order valence-corrected chi connectivity index (χ4v) is 2.48. The topological polar surface area (TPSA) is 66.0 Å². The van der Waals surface area contributed by atoms with Crippen LogP contribution in [0, 0.1) is 22.7 Å². The second-order valence-electron chi connectivity index (χ2n) is 5.26. The molecule has 0 aliphatic rings. The molecule has 0 unspecified atom stereocenters. The Bertz CT molecular complexity index is 492. The van der Waals surface area contributed by atoms with Gasteiger partial charge in [0.05, 0.1) is 11.1 Å². The maximum absolute atomic E-state index is 9.42. The van der Waals surface area contributed by atoms with Crippen LogP contribution in [0.2, 0.25) is 0 Å². The Morgan fingerprint density at radius 2 is 1.18 bits per heavy atom. The van der Waals surface area contributed by atoms with Crippen LogP contribution in [0.25, 0.3) is 0 Å². The van der Waals surface area contributed by atoms with Gasteiger partial charge in [0.15, 0.2) is 0 Å². The summed E-state index contributed by atoms with van der Waals surface area (Å²) in [4.78, 5) is 0. The molecule has 0 aliphatic carbocycles. The lowest BCUT2D eigenvalue weighted by atomic mass is 9.92. The summed E-state index contributed by atoms with van der Waals surface area (Å²) in [6.07, 6.45) is 5.46. The van der Waals surface area contributed by atoms with Gasteiger partial charge in [0.1, 0.15) is 12.1 Å². The average Bonchev–Trinajstić information content (AvgIpc) is 2.55.